The fraction of sp³-hybridized carbons (Fsp3) is 0.227. The summed E-state index contributed by atoms with van der Waals surface area (Å²) in [7, 11) is 0. The van der Waals surface area contributed by atoms with E-state index in [0.717, 1.165) is 13.0 Å². The number of hydrogen-bond donors (Lipinski definition) is 1. The van der Waals surface area contributed by atoms with Crippen molar-refractivity contribution in [3.8, 4) is 0 Å². The highest BCUT2D eigenvalue weighted by Crippen LogP contribution is 2.20. The largest absolute Gasteiger partial charge is 0.327 e. The van der Waals surface area contributed by atoms with Crippen LogP contribution in [0, 0.1) is 20.2 Å². The Labute approximate surface area is 173 Å². The Morgan fingerprint density at radius 3 is 1.77 bits per heavy atom. The number of carbonyl (C=O) groups excluding carboxylic acids is 1. The van der Waals surface area contributed by atoms with E-state index in [-0.39, 0.29) is 17.2 Å². The maximum absolute atomic E-state index is 13.1. The number of non-ortho nitro benzene ring substituents is 2. The number of benzene rings is 2. The van der Waals surface area contributed by atoms with E-state index >= 15 is 0 Å². The highest BCUT2D eigenvalue weighted by molar-refractivity contribution is 6.14. The first-order valence-electron chi connectivity index (χ1n) is 9.65. The number of carbonyl (C=O) groups is 1. The first kappa shape index (κ1) is 21.1. The molecular formula is C22H22N3O5+. The molecular weight excluding hydrogens is 386 g/mol. The van der Waals surface area contributed by atoms with Gasteiger partial charge >= 0.3 is 0 Å². The molecule has 30 heavy (non-hydrogen) atoms. The zero-order valence-electron chi connectivity index (χ0n) is 16.5. The second-order valence-corrected chi connectivity index (χ2v) is 7.23. The van der Waals surface area contributed by atoms with Crippen LogP contribution in [0.3, 0.4) is 0 Å². The van der Waals surface area contributed by atoms with Crippen LogP contribution in [-0.2, 0) is 4.79 Å². The second-order valence-electron chi connectivity index (χ2n) is 7.23. The van der Waals surface area contributed by atoms with Gasteiger partial charge in [-0.3, -0.25) is 25.0 Å². The van der Waals surface area contributed by atoms with Crippen molar-refractivity contribution < 1.29 is 19.5 Å². The molecule has 2 aromatic rings. The average molecular weight is 408 g/mol. The number of ketones is 1. The van der Waals surface area contributed by atoms with Gasteiger partial charge in [-0.25, -0.2) is 0 Å². The number of nitro benzene ring substituents is 2. The molecule has 154 valence electrons. The van der Waals surface area contributed by atoms with E-state index in [0.29, 0.717) is 35.4 Å². The van der Waals surface area contributed by atoms with Crippen LogP contribution < -0.4 is 4.90 Å². The van der Waals surface area contributed by atoms with Crippen LogP contribution in [0.25, 0.3) is 12.2 Å². The van der Waals surface area contributed by atoms with Crippen molar-refractivity contribution in [3.63, 3.8) is 0 Å². The van der Waals surface area contributed by atoms with Gasteiger partial charge in [0.2, 0.25) is 0 Å². The molecule has 1 aliphatic heterocycles. The van der Waals surface area contributed by atoms with Gasteiger partial charge in [0.15, 0.2) is 5.78 Å². The number of quaternary nitrogens is 1. The number of piperidine rings is 1. The Hall–Kier alpha value is -3.65. The van der Waals surface area contributed by atoms with Crippen LogP contribution in [0.4, 0.5) is 11.4 Å². The van der Waals surface area contributed by atoms with Crippen LogP contribution in [0.2, 0.25) is 0 Å². The third-order valence-corrected chi connectivity index (χ3v) is 4.91. The Morgan fingerprint density at radius 1 is 0.900 bits per heavy atom. The number of nitrogens with zero attached hydrogens (tertiary/aromatic N) is 2. The lowest BCUT2D eigenvalue weighted by Gasteiger charge is -2.26. The molecule has 1 unspecified atom stereocenters. The minimum Gasteiger partial charge on any atom is -0.327 e. The quantitative estimate of drug-likeness (QED) is 0.449. The van der Waals surface area contributed by atoms with E-state index in [4.69, 9.17) is 0 Å². The third kappa shape index (κ3) is 5.03. The summed E-state index contributed by atoms with van der Waals surface area (Å²) in [4.78, 5) is 35.4. The number of likely N-dealkylation sites (tertiary alicyclic amines) is 1. The summed E-state index contributed by atoms with van der Waals surface area (Å²) in [6, 6.07) is 12.3. The highest BCUT2D eigenvalue weighted by Gasteiger charge is 2.29. The molecule has 8 heteroatoms. The Morgan fingerprint density at radius 2 is 1.37 bits per heavy atom. The minimum atomic E-state index is -0.465. The van der Waals surface area contributed by atoms with Crippen molar-refractivity contribution in [2.24, 2.45) is 0 Å². The van der Waals surface area contributed by atoms with Crippen molar-refractivity contribution in [2.45, 2.75) is 13.3 Å². The smallest absolute Gasteiger partial charge is 0.270 e. The van der Waals surface area contributed by atoms with Crippen LogP contribution in [0.5, 0.6) is 0 Å². The van der Waals surface area contributed by atoms with Crippen molar-refractivity contribution in [3.05, 3.63) is 91.0 Å². The van der Waals surface area contributed by atoms with Crippen molar-refractivity contribution in [1.82, 2.24) is 0 Å². The van der Waals surface area contributed by atoms with Gasteiger partial charge in [-0.2, -0.15) is 0 Å². The summed E-state index contributed by atoms with van der Waals surface area (Å²) in [6.07, 6.45) is 4.34. The minimum absolute atomic E-state index is 0.0299. The summed E-state index contributed by atoms with van der Waals surface area (Å²) in [5, 5.41) is 22.1. The topological polar surface area (TPSA) is 108 Å². The number of hydrogen-bond acceptors (Lipinski definition) is 5. The van der Waals surface area contributed by atoms with Gasteiger partial charge in [0, 0.05) is 24.3 Å². The first-order valence-corrected chi connectivity index (χ1v) is 9.65. The molecule has 0 bridgehead atoms. The lowest BCUT2D eigenvalue weighted by molar-refractivity contribution is -0.891. The standard InChI is InChI=1S/C22H21N3O5/c1-2-9-23-14-18(10-16-5-3-7-20(12-16)24(27)28)22(26)19(15-23)11-17-6-4-8-21(13-17)25(29)30/h3-8,10-13H,2,9,14-15H2,1H3/p+1/b18-10-,19-11+. The molecule has 0 amide bonds. The predicted molar refractivity (Wildman–Crippen MR) is 113 cm³/mol. The van der Waals surface area contributed by atoms with Gasteiger partial charge in [0.1, 0.15) is 13.1 Å². The molecule has 1 saturated heterocycles. The van der Waals surface area contributed by atoms with Gasteiger partial charge in [0.05, 0.1) is 27.5 Å². The van der Waals surface area contributed by atoms with Gasteiger partial charge in [-0.05, 0) is 29.7 Å². The first-order chi connectivity index (χ1) is 14.4. The maximum atomic E-state index is 13.1. The molecule has 0 aliphatic carbocycles. The molecule has 1 atom stereocenters. The summed E-state index contributed by atoms with van der Waals surface area (Å²) >= 11 is 0. The van der Waals surface area contributed by atoms with Gasteiger partial charge in [-0.1, -0.05) is 31.2 Å². The molecule has 0 aromatic heterocycles. The fourth-order valence-electron chi connectivity index (χ4n) is 3.59. The van der Waals surface area contributed by atoms with E-state index in [1.807, 2.05) is 0 Å². The average Bonchev–Trinajstić information content (AvgIpc) is 2.72. The SMILES string of the molecule is CCC[NH+]1C/C(=C/c2cccc([N+](=O)[O-])c2)C(=O)/C(=C/c2cccc([N+](=O)[O-])c2)C1. The van der Waals surface area contributed by atoms with Crippen molar-refractivity contribution in [2.75, 3.05) is 19.6 Å². The van der Waals surface area contributed by atoms with Crippen LogP contribution in [-0.4, -0.2) is 35.3 Å². The fourth-order valence-corrected chi connectivity index (χ4v) is 3.59. The maximum Gasteiger partial charge on any atom is 0.270 e. The third-order valence-electron chi connectivity index (χ3n) is 4.91. The lowest BCUT2D eigenvalue weighted by atomic mass is 9.94. The lowest BCUT2D eigenvalue weighted by Crippen LogP contribution is -3.13. The normalized spacial score (nSPS) is 19.2. The van der Waals surface area contributed by atoms with E-state index in [9.17, 15) is 25.0 Å². The Kier molecular flexibility index (Phi) is 6.48. The molecule has 8 nitrogen and oxygen atoms in total. The van der Waals surface area contributed by atoms with Crippen LogP contribution in [0.15, 0.2) is 59.7 Å². The second kappa shape index (κ2) is 9.23. The molecule has 1 aliphatic rings. The van der Waals surface area contributed by atoms with E-state index in [1.165, 1.54) is 29.2 Å². The zero-order valence-corrected chi connectivity index (χ0v) is 16.5. The number of rotatable bonds is 6. The van der Waals surface area contributed by atoms with E-state index in [1.54, 1.807) is 36.4 Å². The summed E-state index contributed by atoms with van der Waals surface area (Å²) < 4.78 is 0. The van der Waals surface area contributed by atoms with Gasteiger partial charge in [-0.15, -0.1) is 0 Å². The van der Waals surface area contributed by atoms with Crippen molar-refractivity contribution >= 4 is 29.3 Å². The molecule has 1 fully saturated rings. The van der Waals surface area contributed by atoms with Gasteiger partial charge < -0.3 is 4.90 Å². The predicted octanol–water partition coefficient (Wildman–Crippen LogP) is 2.85. The molecule has 3 rings (SSSR count). The Balaban J connectivity index is 1.98. The summed E-state index contributed by atoms with van der Waals surface area (Å²) in [6.45, 7) is 3.99. The molecule has 1 N–H and O–H groups in total. The van der Waals surface area contributed by atoms with Gasteiger partial charge in [0.25, 0.3) is 11.4 Å². The molecule has 0 saturated carbocycles. The highest BCUT2D eigenvalue weighted by atomic mass is 16.6. The summed E-state index contributed by atoms with van der Waals surface area (Å²) in [5.74, 6) is -0.132. The summed E-state index contributed by atoms with van der Waals surface area (Å²) in [5.41, 5.74) is 2.28. The van der Waals surface area contributed by atoms with E-state index in [2.05, 4.69) is 6.92 Å². The molecule has 0 spiro atoms. The monoisotopic (exact) mass is 408 g/mol. The van der Waals surface area contributed by atoms with Crippen LogP contribution >= 0.6 is 0 Å². The van der Waals surface area contributed by atoms with Crippen molar-refractivity contribution in [1.29, 1.82) is 0 Å². The number of nitrogens with one attached hydrogen (secondary N) is 1. The number of Topliss-reactive ketones (excluding diaryl/α,β-unsaturated/α-hetero) is 1. The molecule has 1 heterocycles. The van der Waals surface area contributed by atoms with Crippen LogP contribution in [0.1, 0.15) is 24.5 Å². The molecule has 0 radical (unpaired) electrons. The van der Waals surface area contributed by atoms with E-state index < -0.39 is 9.85 Å². The molecule has 2 aromatic carbocycles. The zero-order chi connectivity index (χ0) is 21.7. The Bertz CT molecular complexity index is 979. The number of nitro groups is 2.